The van der Waals surface area contributed by atoms with Gasteiger partial charge in [-0.05, 0) is 47.1 Å². The topological polar surface area (TPSA) is 50.3 Å². The number of carbonyl (C=O) groups is 2. The van der Waals surface area contributed by atoms with Crippen molar-refractivity contribution in [3.63, 3.8) is 0 Å². The number of hydrogen-bond donors (Lipinski definition) is 0. The van der Waals surface area contributed by atoms with Gasteiger partial charge in [-0.15, -0.1) is 0 Å². The lowest BCUT2D eigenvalue weighted by atomic mass is 10.0. The van der Waals surface area contributed by atoms with Gasteiger partial charge in [-0.1, -0.05) is 12.1 Å². The van der Waals surface area contributed by atoms with Crippen molar-refractivity contribution in [2.75, 3.05) is 0 Å². The van der Waals surface area contributed by atoms with Crippen molar-refractivity contribution in [1.82, 2.24) is 9.88 Å². The molecule has 2 aromatic carbocycles. The highest BCUT2D eigenvalue weighted by atomic mass is 79.9. The third kappa shape index (κ3) is 2.44. The summed E-state index contributed by atoms with van der Waals surface area (Å²) in [5.74, 6) is -1.30. The van der Waals surface area contributed by atoms with Gasteiger partial charge in [0.1, 0.15) is 5.82 Å². The van der Waals surface area contributed by atoms with Gasteiger partial charge in [0.2, 0.25) is 0 Å². The van der Waals surface area contributed by atoms with Crippen LogP contribution in [0.25, 0.3) is 10.9 Å². The lowest BCUT2D eigenvalue weighted by molar-refractivity contribution is 0.0593. The number of rotatable bonds is 2. The van der Waals surface area contributed by atoms with E-state index in [2.05, 4.69) is 20.9 Å². The average Bonchev–Trinajstić information content (AvgIpc) is 2.85. The smallest absolute Gasteiger partial charge is 0.262 e. The van der Waals surface area contributed by atoms with E-state index in [1.165, 1.54) is 6.07 Å². The lowest BCUT2D eigenvalue weighted by Gasteiger charge is -2.23. The molecule has 0 saturated carbocycles. The molecule has 0 aliphatic carbocycles. The first-order valence-electron chi connectivity index (χ1n) is 7.69. The number of benzene rings is 2. The Bertz CT molecular complexity index is 1020. The first-order chi connectivity index (χ1) is 12.0. The first-order valence-corrected chi connectivity index (χ1v) is 8.48. The Balaban J connectivity index is 1.80. The number of fused-ring (bicyclic) bond motifs is 2. The molecule has 1 aliphatic rings. The van der Waals surface area contributed by atoms with Crippen LogP contribution in [0.1, 0.15) is 39.2 Å². The van der Waals surface area contributed by atoms with Crippen molar-refractivity contribution in [3.8, 4) is 0 Å². The molecule has 0 N–H and O–H groups in total. The van der Waals surface area contributed by atoms with Gasteiger partial charge >= 0.3 is 0 Å². The van der Waals surface area contributed by atoms with E-state index >= 15 is 0 Å². The molecule has 2 heterocycles. The summed E-state index contributed by atoms with van der Waals surface area (Å²) in [5, 5.41) is 0.731. The second kappa shape index (κ2) is 5.74. The molecule has 1 aliphatic heterocycles. The number of pyridine rings is 1. The molecule has 1 unspecified atom stereocenters. The summed E-state index contributed by atoms with van der Waals surface area (Å²) in [7, 11) is 0. The Morgan fingerprint density at radius 3 is 2.36 bits per heavy atom. The van der Waals surface area contributed by atoms with E-state index in [-0.39, 0.29) is 5.56 Å². The zero-order valence-corrected chi connectivity index (χ0v) is 14.7. The van der Waals surface area contributed by atoms with Crippen molar-refractivity contribution in [2.24, 2.45) is 0 Å². The minimum absolute atomic E-state index is 0.280. The van der Waals surface area contributed by atoms with Crippen LogP contribution in [0.3, 0.4) is 0 Å². The van der Waals surface area contributed by atoms with Gasteiger partial charge in [0, 0.05) is 27.7 Å². The third-order valence-electron chi connectivity index (χ3n) is 4.43. The number of imide groups is 1. The van der Waals surface area contributed by atoms with Crippen LogP contribution in [-0.4, -0.2) is 21.7 Å². The second-order valence-corrected chi connectivity index (χ2v) is 6.84. The van der Waals surface area contributed by atoms with Gasteiger partial charge in [-0.2, -0.15) is 0 Å². The highest BCUT2D eigenvalue weighted by molar-refractivity contribution is 9.10. The number of aromatic nitrogens is 1. The monoisotopic (exact) mass is 398 g/mol. The lowest BCUT2D eigenvalue weighted by Crippen LogP contribution is -2.33. The predicted octanol–water partition coefficient (Wildman–Crippen LogP) is 4.49. The molecule has 124 valence electrons. The van der Waals surface area contributed by atoms with Gasteiger partial charge < -0.3 is 0 Å². The van der Waals surface area contributed by atoms with Crippen LogP contribution in [0.4, 0.5) is 4.39 Å². The van der Waals surface area contributed by atoms with E-state index in [1.807, 2.05) is 6.07 Å². The molecule has 4 rings (SSSR count). The zero-order chi connectivity index (χ0) is 17.7. The molecule has 0 saturated heterocycles. The Labute approximate surface area is 151 Å². The fraction of sp³-hybridized carbons (Fsp3) is 0.105. The zero-order valence-electron chi connectivity index (χ0n) is 13.2. The van der Waals surface area contributed by atoms with E-state index in [0.717, 1.165) is 14.8 Å². The van der Waals surface area contributed by atoms with Gasteiger partial charge in [0.15, 0.2) is 0 Å². The summed E-state index contributed by atoms with van der Waals surface area (Å²) in [6.45, 7) is 1.65. The quantitative estimate of drug-likeness (QED) is 0.597. The summed E-state index contributed by atoms with van der Waals surface area (Å²) in [6, 6.07) is 10.7. The fourth-order valence-electron chi connectivity index (χ4n) is 3.16. The fourth-order valence-corrected chi connectivity index (χ4v) is 3.51. The maximum atomic E-state index is 14.6. The number of hydrogen-bond acceptors (Lipinski definition) is 3. The second-order valence-electron chi connectivity index (χ2n) is 5.92. The number of nitrogens with zero attached hydrogens (tertiary/aromatic N) is 2. The van der Waals surface area contributed by atoms with E-state index in [1.54, 1.807) is 43.5 Å². The van der Waals surface area contributed by atoms with E-state index in [4.69, 9.17) is 0 Å². The summed E-state index contributed by atoms with van der Waals surface area (Å²) < 4.78 is 15.4. The molecule has 0 radical (unpaired) electrons. The Hall–Kier alpha value is -2.60. The van der Waals surface area contributed by atoms with Crippen molar-refractivity contribution >= 4 is 38.6 Å². The summed E-state index contributed by atoms with van der Waals surface area (Å²) in [5.41, 5.74) is 1.50. The SMILES string of the molecule is CC(c1cc2cc(Br)cnc2cc1F)N1C(=O)c2ccccc2C1=O. The van der Waals surface area contributed by atoms with Crippen LogP contribution in [0.2, 0.25) is 0 Å². The van der Waals surface area contributed by atoms with Crippen molar-refractivity contribution in [3.05, 3.63) is 75.6 Å². The molecular formula is C19H12BrFN2O2. The average molecular weight is 399 g/mol. The van der Waals surface area contributed by atoms with Crippen LogP contribution in [0, 0.1) is 5.82 Å². The molecule has 0 bridgehead atoms. The summed E-state index contributed by atoms with van der Waals surface area (Å²) >= 11 is 3.34. The predicted molar refractivity (Wildman–Crippen MR) is 94.8 cm³/mol. The third-order valence-corrected chi connectivity index (χ3v) is 4.86. The number of halogens is 2. The van der Waals surface area contributed by atoms with Crippen molar-refractivity contribution in [2.45, 2.75) is 13.0 Å². The van der Waals surface area contributed by atoms with E-state index in [0.29, 0.717) is 16.6 Å². The molecule has 4 nitrogen and oxygen atoms in total. The maximum Gasteiger partial charge on any atom is 0.262 e. The molecule has 6 heteroatoms. The minimum Gasteiger partial charge on any atom is -0.269 e. The highest BCUT2D eigenvalue weighted by Gasteiger charge is 2.39. The van der Waals surface area contributed by atoms with Gasteiger partial charge in [-0.25, -0.2) is 4.39 Å². The molecule has 0 spiro atoms. The molecule has 1 atom stereocenters. The largest absolute Gasteiger partial charge is 0.269 e. The van der Waals surface area contributed by atoms with E-state index < -0.39 is 23.7 Å². The molecule has 25 heavy (non-hydrogen) atoms. The summed E-state index contributed by atoms with van der Waals surface area (Å²) in [6.07, 6.45) is 1.59. The molecule has 0 fully saturated rings. The molecule has 2 amide bonds. The van der Waals surface area contributed by atoms with Gasteiger partial charge in [0.05, 0.1) is 22.7 Å². The molecular weight excluding hydrogens is 387 g/mol. The minimum atomic E-state index is -0.726. The van der Waals surface area contributed by atoms with E-state index in [9.17, 15) is 14.0 Å². The highest BCUT2D eigenvalue weighted by Crippen LogP contribution is 2.33. The van der Waals surface area contributed by atoms with Crippen LogP contribution in [-0.2, 0) is 0 Å². The molecule has 3 aromatic rings. The van der Waals surface area contributed by atoms with Gasteiger partial charge in [-0.3, -0.25) is 19.5 Å². The number of carbonyl (C=O) groups excluding carboxylic acids is 2. The van der Waals surface area contributed by atoms with Crippen molar-refractivity contribution < 1.29 is 14.0 Å². The van der Waals surface area contributed by atoms with Crippen LogP contribution in [0.5, 0.6) is 0 Å². The Kier molecular flexibility index (Phi) is 3.65. The standard InChI is InChI=1S/C19H12BrFN2O2/c1-10(23-18(24)13-4-2-3-5-14(13)19(23)25)15-7-11-6-12(20)9-22-17(11)8-16(15)21/h2-10H,1H3. The maximum absolute atomic E-state index is 14.6. The van der Waals surface area contributed by atoms with Crippen molar-refractivity contribution in [1.29, 1.82) is 0 Å². The van der Waals surface area contributed by atoms with Gasteiger partial charge in [0.25, 0.3) is 11.8 Å². The Morgan fingerprint density at radius 1 is 1.08 bits per heavy atom. The van der Waals surface area contributed by atoms with Crippen LogP contribution >= 0.6 is 15.9 Å². The normalized spacial score (nSPS) is 14.9. The number of amides is 2. The van der Waals surface area contributed by atoms with Crippen LogP contribution in [0.15, 0.2) is 53.1 Å². The first kappa shape index (κ1) is 15.9. The molecule has 1 aromatic heterocycles. The van der Waals surface area contributed by atoms with Crippen LogP contribution < -0.4 is 0 Å². The Morgan fingerprint density at radius 2 is 1.72 bits per heavy atom. The summed E-state index contributed by atoms with van der Waals surface area (Å²) in [4.78, 5) is 30.5.